The highest BCUT2D eigenvalue weighted by atomic mass is 16.4. The highest BCUT2D eigenvalue weighted by Gasteiger charge is 2.13. The fourth-order valence-corrected chi connectivity index (χ4v) is 3.99. The fraction of sp³-hybridized carbons (Fsp3) is 0.893. The van der Waals surface area contributed by atoms with Crippen molar-refractivity contribution in [3.8, 4) is 11.8 Å². The minimum Gasteiger partial charge on any atom is -0.480 e. The maximum atomic E-state index is 11.4. The molecule has 0 saturated carbocycles. The zero-order chi connectivity index (χ0) is 22.1. The summed E-state index contributed by atoms with van der Waals surface area (Å²) in [7, 11) is 0. The molecule has 0 saturated heterocycles. The molecule has 0 aromatic rings. The van der Waals surface area contributed by atoms with E-state index in [-0.39, 0.29) is 0 Å². The van der Waals surface area contributed by atoms with Gasteiger partial charge in [-0.3, -0.25) is 4.79 Å². The molecule has 0 rings (SSSR count). The van der Waals surface area contributed by atoms with Crippen molar-refractivity contribution < 1.29 is 9.90 Å². The summed E-state index contributed by atoms with van der Waals surface area (Å²) in [5.74, 6) is 4.95. The Morgan fingerprint density at radius 3 is 1.37 bits per heavy atom. The first kappa shape index (κ1) is 29.0. The molecule has 1 N–H and O–H groups in total. The van der Waals surface area contributed by atoms with Crippen molar-refractivity contribution in [3.63, 3.8) is 0 Å². The third kappa shape index (κ3) is 21.7. The second-order valence-electron chi connectivity index (χ2n) is 9.11. The average Bonchev–Trinajstić information content (AvgIpc) is 2.74. The van der Waals surface area contributed by atoms with Crippen LogP contribution in [0, 0.1) is 17.8 Å². The zero-order valence-corrected chi connectivity index (χ0v) is 20.5. The van der Waals surface area contributed by atoms with Gasteiger partial charge < -0.3 is 5.11 Å². The van der Waals surface area contributed by atoms with E-state index in [1.165, 1.54) is 109 Å². The summed E-state index contributed by atoms with van der Waals surface area (Å²) in [5, 5.41) is 9.37. The smallest absolute Gasteiger partial charge is 0.318 e. The molecule has 2 nitrogen and oxygen atoms in total. The largest absolute Gasteiger partial charge is 0.480 e. The highest BCUT2D eigenvalue weighted by Crippen LogP contribution is 2.15. The molecule has 0 spiro atoms. The number of unbranched alkanes of at least 4 members (excludes halogenated alkanes) is 19. The third-order valence-corrected chi connectivity index (χ3v) is 6.08. The first-order valence-electron chi connectivity index (χ1n) is 13.4. The Labute approximate surface area is 189 Å². The molecular formula is C28H52O2. The molecule has 0 heterocycles. The average molecular weight is 421 g/mol. The minimum absolute atomic E-state index is 0.456. The van der Waals surface area contributed by atoms with Crippen LogP contribution in [0.2, 0.25) is 0 Å². The van der Waals surface area contributed by atoms with E-state index in [1.807, 2.05) is 0 Å². The van der Waals surface area contributed by atoms with E-state index in [1.54, 1.807) is 0 Å². The molecule has 1 atom stereocenters. The molecule has 0 aliphatic rings. The van der Waals surface area contributed by atoms with Crippen LogP contribution in [-0.2, 0) is 4.79 Å². The second-order valence-corrected chi connectivity index (χ2v) is 9.11. The van der Waals surface area contributed by atoms with Gasteiger partial charge in [0.15, 0.2) is 0 Å². The third-order valence-electron chi connectivity index (χ3n) is 6.08. The van der Waals surface area contributed by atoms with Crippen molar-refractivity contribution in [3.05, 3.63) is 0 Å². The summed E-state index contributed by atoms with van der Waals surface area (Å²) < 4.78 is 0. The summed E-state index contributed by atoms with van der Waals surface area (Å²) in [6.45, 7) is 4.51. The summed E-state index contributed by atoms with van der Waals surface area (Å²) in [6, 6.07) is 0. The normalized spacial score (nSPS) is 11.8. The van der Waals surface area contributed by atoms with Crippen molar-refractivity contribution in [2.75, 3.05) is 0 Å². The van der Waals surface area contributed by atoms with Gasteiger partial charge in [-0.05, 0) is 12.8 Å². The quantitative estimate of drug-likeness (QED) is 0.140. The van der Waals surface area contributed by atoms with Gasteiger partial charge in [0, 0.05) is 6.42 Å². The van der Waals surface area contributed by atoms with Gasteiger partial charge in [0.1, 0.15) is 5.92 Å². The molecule has 0 amide bonds. The van der Waals surface area contributed by atoms with Crippen molar-refractivity contribution in [1.29, 1.82) is 0 Å². The Bertz CT molecular complexity index is 418. The number of hydrogen-bond donors (Lipinski definition) is 1. The standard InChI is InChI=1S/C28H52O2/c1-3-5-7-9-11-13-14-15-16-17-18-20-22-24-26-27(28(29)30)25-23-21-19-12-10-8-6-4-2/h27H,3-22,24,26H2,1-2H3,(H,29,30). The lowest BCUT2D eigenvalue weighted by Crippen LogP contribution is -2.11. The van der Waals surface area contributed by atoms with E-state index in [2.05, 4.69) is 25.7 Å². The molecule has 0 aliphatic carbocycles. The molecule has 176 valence electrons. The highest BCUT2D eigenvalue weighted by molar-refractivity contribution is 5.73. The molecule has 0 aromatic carbocycles. The van der Waals surface area contributed by atoms with Crippen LogP contribution in [0.1, 0.15) is 155 Å². The molecule has 0 radical (unpaired) electrons. The van der Waals surface area contributed by atoms with E-state index in [4.69, 9.17) is 0 Å². The lowest BCUT2D eigenvalue weighted by atomic mass is 9.99. The number of carboxylic acid groups (broad SMARTS) is 1. The van der Waals surface area contributed by atoms with Crippen molar-refractivity contribution >= 4 is 5.97 Å². The number of aliphatic carboxylic acids is 1. The van der Waals surface area contributed by atoms with Crippen molar-refractivity contribution in [2.24, 2.45) is 5.92 Å². The maximum absolute atomic E-state index is 11.4. The van der Waals surface area contributed by atoms with Gasteiger partial charge in [-0.2, -0.15) is 0 Å². The Morgan fingerprint density at radius 2 is 0.967 bits per heavy atom. The van der Waals surface area contributed by atoms with Crippen LogP contribution in [0.25, 0.3) is 0 Å². The van der Waals surface area contributed by atoms with Crippen LogP contribution in [0.4, 0.5) is 0 Å². The van der Waals surface area contributed by atoms with Crippen LogP contribution < -0.4 is 0 Å². The number of carbonyl (C=O) groups is 1. The Balaban J connectivity index is 3.52. The van der Waals surface area contributed by atoms with Gasteiger partial charge in [-0.25, -0.2) is 0 Å². The molecule has 30 heavy (non-hydrogen) atoms. The summed E-state index contributed by atoms with van der Waals surface area (Å²) in [5.41, 5.74) is 0. The van der Waals surface area contributed by atoms with Gasteiger partial charge in [0.05, 0.1) is 0 Å². The van der Waals surface area contributed by atoms with Gasteiger partial charge >= 0.3 is 5.97 Å². The van der Waals surface area contributed by atoms with E-state index in [0.29, 0.717) is 0 Å². The van der Waals surface area contributed by atoms with E-state index < -0.39 is 11.9 Å². The van der Waals surface area contributed by atoms with Crippen LogP contribution >= 0.6 is 0 Å². The van der Waals surface area contributed by atoms with Crippen LogP contribution in [-0.4, -0.2) is 11.1 Å². The Kier molecular flexibility index (Phi) is 23.5. The molecule has 1 unspecified atom stereocenters. The number of carboxylic acids is 1. The van der Waals surface area contributed by atoms with Gasteiger partial charge in [0.25, 0.3) is 0 Å². The Morgan fingerprint density at radius 1 is 0.600 bits per heavy atom. The predicted octanol–water partition coefficient (Wildman–Crippen LogP) is 9.31. The van der Waals surface area contributed by atoms with Gasteiger partial charge in [0.2, 0.25) is 0 Å². The second kappa shape index (κ2) is 24.3. The summed E-state index contributed by atoms with van der Waals surface area (Å²) >= 11 is 0. The molecule has 0 aliphatic heterocycles. The predicted molar refractivity (Wildman–Crippen MR) is 132 cm³/mol. The van der Waals surface area contributed by atoms with E-state index >= 15 is 0 Å². The van der Waals surface area contributed by atoms with Gasteiger partial charge in [-0.15, -0.1) is 5.92 Å². The first-order valence-corrected chi connectivity index (χ1v) is 13.4. The molecule has 0 bridgehead atoms. The summed E-state index contributed by atoms with van der Waals surface area (Å²) in [6.07, 6.45) is 27.8. The number of rotatable bonds is 22. The first-order chi connectivity index (χ1) is 14.7. The fourth-order valence-electron chi connectivity index (χ4n) is 3.99. The van der Waals surface area contributed by atoms with Gasteiger partial charge in [-0.1, -0.05) is 142 Å². The molecule has 2 heteroatoms. The molecular weight excluding hydrogens is 368 g/mol. The van der Waals surface area contributed by atoms with Crippen molar-refractivity contribution in [1.82, 2.24) is 0 Å². The lowest BCUT2D eigenvalue weighted by molar-refractivity contribution is -0.139. The van der Waals surface area contributed by atoms with Crippen LogP contribution in [0.5, 0.6) is 0 Å². The minimum atomic E-state index is -0.736. The summed E-state index contributed by atoms with van der Waals surface area (Å²) in [4.78, 5) is 11.4. The SMILES string of the molecule is CCCCCCCCC#CC(CCCCCCCCCCCCCCCC)C(=O)O. The molecule has 0 aromatic heterocycles. The molecule has 0 fully saturated rings. The lowest BCUT2D eigenvalue weighted by Gasteiger charge is -2.06. The monoisotopic (exact) mass is 420 g/mol. The Hall–Kier alpha value is -0.970. The van der Waals surface area contributed by atoms with Crippen LogP contribution in [0.15, 0.2) is 0 Å². The van der Waals surface area contributed by atoms with E-state index in [9.17, 15) is 9.90 Å². The maximum Gasteiger partial charge on any atom is 0.318 e. The van der Waals surface area contributed by atoms with Crippen LogP contribution in [0.3, 0.4) is 0 Å². The van der Waals surface area contributed by atoms with Crippen molar-refractivity contribution in [2.45, 2.75) is 155 Å². The van der Waals surface area contributed by atoms with E-state index in [0.717, 1.165) is 32.1 Å². The topological polar surface area (TPSA) is 37.3 Å². The number of hydrogen-bond acceptors (Lipinski definition) is 1. The zero-order valence-electron chi connectivity index (χ0n) is 20.5.